The van der Waals surface area contributed by atoms with Gasteiger partial charge < -0.3 is 18.5 Å². The van der Waals surface area contributed by atoms with Crippen LogP contribution in [0.15, 0.2) is 51.7 Å². The number of fused-ring (bicyclic) bond motifs is 1. The number of esters is 1. The molecule has 0 N–H and O–H groups in total. The second-order valence-corrected chi connectivity index (χ2v) is 6.71. The van der Waals surface area contributed by atoms with E-state index in [4.69, 9.17) is 13.6 Å². The highest BCUT2D eigenvalue weighted by atomic mass is 16.5. The summed E-state index contributed by atoms with van der Waals surface area (Å²) in [7, 11) is 0. The van der Waals surface area contributed by atoms with Gasteiger partial charge in [0.2, 0.25) is 5.76 Å². The highest BCUT2D eigenvalue weighted by Gasteiger charge is 2.27. The molecule has 7 nitrogen and oxygen atoms in total. The van der Waals surface area contributed by atoms with E-state index < -0.39 is 5.97 Å². The summed E-state index contributed by atoms with van der Waals surface area (Å²) in [6, 6.07) is 9.29. The average Bonchev–Trinajstić information content (AvgIpc) is 3.37. The van der Waals surface area contributed by atoms with Crippen LogP contribution in [-0.2, 0) is 11.3 Å². The Bertz CT molecular complexity index is 968. The van der Waals surface area contributed by atoms with Crippen molar-refractivity contribution in [1.29, 1.82) is 0 Å². The number of ether oxygens (including phenoxy) is 1. The number of furan rings is 2. The summed E-state index contributed by atoms with van der Waals surface area (Å²) in [5, 5.41) is 0.919. The number of piperazine rings is 1. The molecule has 0 spiro atoms. The van der Waals surface area contributed by atoms with E-state index >= 15 is 0 Å². The summed E-state index contributed by atoms with van der Waals surface area (Å²) in [5.74, 6) is -0.197. The van der Waals surface area contributed by atoms with Crippen LogP contribution < -0.4 is 0 Å². The highest BCUT2D eigenvalue weighted by molar-refractivity contribution is 5.96. The van der Waals surface area contributed by atoms with Gasteiger partial charge in [-0.15, -0.1) is 0 Å². The monoisotopic (exact) mass is 382 g/mol. The molecule has 146 valence electrons. The number of nitrogens with zero attached hydrogens (tertiary/aromatic N) is 2. The molecular formula is C21H22N2O5. The van der Waals surface area contributed by atoms with Crippen LogP contribution in [-0.4, -0.2) is 54.5 Å². The van der Waals surface area contributed by atoms with Crippen LogP contribution in [0, 0.1) is 0 Å². The summed E-state index contributed by atoms with van der Waals surface area (Å²) < 4.78 is 16.0. The number of amides is 1. The maximum absolute atomic E-state index is 12.4. The number of rotatable bonds is 5. The Morgan fingerprint density at radius 1 is 1.11 bits per heavy atom. The van der Waals surface area contributed by atoms with Crippen molar-refractivity contribution in [3.63, 3.8) is 0 Å². The van der Waals surface area contributed by atoms with E-state index in [1.54, 1.807) is 13.0 Å². The maximum Gasteiger partial charge on any atom is 0.374 e. The number of hydrogen-bond donors (Lipinski definition) is 0. The lowest BCUT2D eigenvalue weighted by Gasteiger charge is -2.34. The van der Waals surface area contributed by atoms with Crippen molar-refractivity contribution in [2.45, 2.75) is 13.5 Å². The fourth-order valence-electron chi connectivity index (χ4n) is 3.52. The van der Waals surface area contributed by atoms with Gasteiger partial charge in [0.1, 0.15) is 11.8 Å². The molecule has 28 heavy (non-hydrogen) atoms. The summed E-state index contributed by atoms with van der Waals surface area (Å²) in [4.78, 5) is 28.8. The van der Waals surface area contributed by atoms with Gasteiger partial charge in [0.15, 0.2) is 0 Å². The van der Waals surface area contributed by atoms with Crippen LogP contribution in [0.2, 0.25) is 0 Å². The summed E-state index contributed by atoms with van der Waals surface area (Å²) in [6.45, 7) is 5.30. The quantitative estimate of drug-likeness (QED) is 0.631. The summed E-state index contributed by atoms with van der Waals surface area (Å²) in [5.41, 5.74) is 2.08. The smallest absolute Gasteiger partial charge is 0.374 e. The third-order valence-electron chi connectivity index (χ3n) is 4.97. The lowest BCUT2D eigenvalue weighted by molar-refractivity contribution is 0.0488. The second-order valence-electron chi connectivity index (χ2n) is 6.71. The SMILES string of the molecule is CCOC(=O)c1oc2ccccc2c1CN1CCN(C(=O)c2ccoc2)CC1. The van der Waals surface area contributed by atoms with Crippen LogP contribution >= 0.6 is 0 Å². The van der Waals surface area contributed by atoms with Crippen molar-refractivity contribution >= 4 is 22.8 Å². The molecule has 1 aliphatic heterocycles. The number of carbonyl (C=O) groups is 2. The van der Waals surface area contributed by atoms with Gasteiger partial charge in [-0.1, -0.05) is 18.2 Å². The molecule has 1 fully saturated rings. The molecule has 0 bridgehead atoms. The second kappa shape index (κ2) is 7.90. The van der Waals surface area contributed by atoms with Crippen LogP contribution in [0.4, 0.5) is 0 Å². The molecule has 0 radical (unpaired) electrons. The van der Waals surface area contributed by atoms with Crippen LogP contribution in [0.3, 0.4) is 0 Å². The molecule has 0 atom stereocenters. The fraction of sp³-hybridized carbons (Fsp3) is 0.333. The van der Waals surface area contributed by atoms with Crippen molar-refractivity contribution < 1.29 is 23.2 Å². The van der Waals surface area contributed by atoms with E-state index in [9.17, 15) is 9.59 Å². The molecule has 3 heterocycles. The molecule has 3 aromatic rings. The topological polar surface area (TPSA) is 76.1 Å². The fourth-order valence-corrected chi connectivity index (χ4v) is 3.52. The Balaban J connectivity index is 1.49. The number of carbonyl (C=O) groups excluding carboxylic acids is 2. The first kappa shape index (κ1) is 18.3. The molecule has 1 saturated heterocycles. The largest absolute Gasteiger partial charge is 0.472 e. The normalized spacial score (nSPS) is 15.1. The van der Waals surface area contributed by atoms with Gasteiger partial charge in [-0.25, -0.2) is 4.79 Å². The molecule has 2 aromatic heterocycles. The first-order valence-electron chi connectivity index (χ1n) is 9.38. The van der Waals surface area contributed by atoms with E-state index in [2.05, 4.69) is 4.90 Å². The predicted molar refractivity (Wildman–Crippen MR) is 102 cm³/mol. The average molecular weight is 382 g/mol. The molecule has 1 amide bonds. The van der Waals surface area contributed by atoms with Gasteiger partial charge in [0, 0.05) is 43.7 Å². The van der Waals surface area contributed by atoms with Crippen molar-refractivity contribution in [2.24, 2.45) is 0 Å². The zero-order chi connectivity index (χ0) is 19.5. The Labute approximate surface area is 162 Å². The van der Waals surface area contributed by atoms with Gasteiger partial charge >= 0.3 is 5.97 Å². The molecule has 1 aromatic carbocycles. The van der Waals surface area contributed by atoms with E-state index in [0.717, 1.165) is 10.9 Å². The van der Waals surface area contributed by atoms with E-state index in [-0.39, 0.29) is 11.7 Å². The maximum atomic E-state index is 12.4. The van der Waals surface area contributed by atoms with Gasteiger partial charge in [-0.3, -0.25) is 9.69 Å². The number of hydrogen-bond acceptors (Lipinski definition) is 6. The summed E-state index contributed by atoms with van der Waals surface area (Å²) >= 11 is 0. The zero-order valence-electron chi connectivity index (χ0n) is 15.7. The van der Waals surface area contributed by atoms with Crippen molar-refractivity contribution in [2.75, 3.05) is 32.8 Å². The minimum Gasteiger partial charge on any atom is -0.472 e. The Hall–Kier alpha value is -3.06. The molecule has 0 aliphatic carbocycles. The third kappa shape index (κ3) is 3.53. The molecule has 4 rings (SSSR count). The van der Waals surface area contributed by atoms with E-state index in [1.807, 2.05) is 29.2 Å². The third-order valence-corrected chi connectivity index (χ3v) is 4.97. The first-order chi connectivity index (χ1) is 13.7. The molecular weight excluding hydrogens is 360 g/mol. The minimum atomic E-state index is -0.442. The van der Waals surface area contributed by atoms with Crippen LogP contribution in [0.25, 0.3) is 11.0 Å². The molecule has 1 aliphatic rings. The van der Waals surface area contributed by atoms with Gasteiger partial charge in [-0.2, -0.15) is 0 Å². The lowest BCUT2D eigenvalue weighted by Crippen LogP contribution is -2.48. The van der Waals surface area contributed by atoms with Crippen LogP contribution in [0.1, 0.15) is 33.4 Å². The zero-order valence-corrected chi connectivity index (χ0v) is 15.7. The minimum absolute atomic E-state index is 0.0191. The highest BCUT2D eigenvalue weighted by Crippen LogP contribution is 2.28. The van der Waals surface area contributed by atoms with Crippen molar-refractivity contribution in [3.8, 4) is 0 Å². The van der Waals surface area contributed by atoms with Crippen LogP contribution in [0.5, 0.6) is 0 Å². The Kier molecular flexibility index (Phi) is 5.16. The van der Waals surface area contributed by atoms with Crippen molar-refractivity contribution in [3.05, 3.63) is 59.7 Å². The van der Waals surface area contributed by atoms with Gasteiger partial charge in [0.05, 0.1) is 18.4 Å². The Morgan fingerprint density at radius 2 is 1.89 bits per heavy atom. The predicted octanol–water partition coefficient (Wildman–Crippen LogP) is 3.16. The van der Waals surface area contributed by atoms with Crippen molar-refractivity contribution in [1.82, 2.24) is 9.80 Å². The Morgan fingerprint density at radius 3 is 2.61 bits per heavy atom. The molecule has 0 saturated carbocycles. The standard InChI is InChI=1S/C21H22N2O5/c1-2-27-21(25)19-17(16-5-3-4-6-18(16)28-19)13-22-8-10-23(11-9-22)20(24)15-7-12-26-14-15/h3-7,12,14H,2,8-11,13H2,1H3. The molecule has 7 heteroatoms. The lowest BCUT2D eigenvalue weighted by atomic mass is 10.1. The van der Waals surface area contributed by atoms with Gasteiger partial charge in [-0.05, 0) is 19.1 Å². The summed E-state index contributed by atoms with van der Waals surface area (Å²) in [6.07, 6.45) is 2.97. The number of para-hydroxylation sites is 1. The first-order valence-corrected chi connectivity index (χ1v) is 9.38. The van der Waals surface area contributed by atoms with Gasteiger partial charge in [0.25, 0.3) is 5.91 Å². The van der Waals surface area contributed by atoms with E-state index in [1.165, 1.54) is 12.5 Å². The van der Waals surface area contributed by atoms with E-state index in [0.29, 0.717) is 50.5 Å². The number of benzene rings is 1. The molecule has 0 unspecified atom stereocenters.